The summed E-state index contributed by atoms with van der Waals surface area (Å²) in [4.78, 5) is 31.6. The van der Waals surface area contributed by atoms with Crippen LogP contribution >= 0.6 is 0 Å². The highest BCUT2D eigenvalue weighted by Gasteiger charge is 2.34. The fourth-order valence-electron chi connectivity index (χ4n) is 5.54. The zero-order chi connectivity index (χ0) is 28.2. The lowest BCUT2D eigenvalue weighted by atomic mass is 9.83. The number of likely N-dealkylation sites (tertiary alicyclic amines) is 1. The summed E-state index contributed by atoms with van der Waals surface area (Å²) in [6.45, 7) is 6.92. The minimum Gasteiger partial charge on any atom is -0.456 e. The van der Waals surface area contributed by atoms with Gasteiger partial charge in [-0.3, -0.25) is 14.8 Å². The molecule has 0 bridgehead atoms. The van der Waals surface area contributed by atoms with E-state index in [9.17, 15) is 4.79 Å². The molecule has 1 saturated heterocycles. The minimum absolute atomic E-state index is 0.0229. The van der Waals surface area contributed by atoms with Crippen molar-refractivity contribution in [2.24, 2.45) is 10.9 Å². The maximum absolute atomic E-state index is 15.7. The number of amides is 1. The summed E-state index contributed by atoms with van der Waals surface area (Å²) < 4.78 is 21.8. The number of fused-ring (bicyclic) bond motifs is 1. The van der Waals surface area contributed by atoms with Gasteiger partial charge in [-0.15, -0.1) is 0 Å². The number of nitrogens with two attached hydrogens (primary N) is 1. The van der Waals surface area contributed by atoms with Crippen LogP contribution in [-0.2, 0) is 4.79 Å². The number of rotatable bonds is 8. The lowest BCUT2D eigenvalue weighted by molar-refractivity contribution is -0.125. The number of hydrogen-bond acceptors (Lipinski definition) is 7. The van der Waals surface area contributed by atoms with Crippen molar-refractivity contribution >= 4 is 28.3 Å². The summed E-state index contributed by atoms with van der Waals surface area (Å²) in [6.07, 6.45) is 6.01. The van der Waals surface area contributed by atoms with Gasteiger partial charge in [-0.2, -0.15) is 0 Å². The molecular weight excluding hydrogens is 507 g/mol. The average Bonchev–Trinajstić information content (AvgIpc) is 3.46. The van der Waals surface area contributed by atoms with E-state index in [-0.39, 0.29) is 29.1 Å². The molecule has 8 nitrogen and oxygen atoms in total. The maximum atomic E-state index is 15.7. The van der Waals surface area contributed by atoms with Crippen molar-refractivity contribution in [2.75, 3.05) is 25.9 Å². The van der Waals surface area contributed by atoms with Crippen molar-refractivity contribution in [1.29, 1.82) is 0 Å². The SMILES string of the molecule is C=CC(=O)N1CCC(C(CC)c2ncnc(N)c2C(=NC)c2ccc(Oc3ccnc4ccccc34)cc2F)C1. The van der Waals surface area contributed by atoms with E-state index in [1.54, 1.807) is 36.3 Å². The van der Waals surface area contributed by atoms with Crippen LogP contribution in [0.1, 0.15) is 42.5 Å². The molecule has 9 heteroatoms. The molecule has 0 spiro atoms. The number of carbonyl (C=O) groups is 1. The molecule has 1 amide bonds. The van der Waals surface area contributed by atoms with Gasteiger partial charge in [0.15, 0.2) is 0 Å². The Balaban J connectivity index is 1.48. The third-order valence-corrected chi connectivity index (χ3v) is 7.47. The molecule has 2 N–H and O–H groups in total. The van der Waals surface area contributed by atoms with Crippen LogP contribution in [-0.4, -0.2) is 51.6 Å². The molecule has 0 radical (unpaired) electrons. The zero-order valence-corrected chi connectivity index (χ0v) is 22.5. The van der Waals surface area contributed by atoms with E-state index in [0.29, 0.717) is 41.6 Å². The molecule has 0 saturated carbocycles. The average molecular weight is 539 g/mol. The molecule has 2 aromatic carbocycles. The Kier molecular flexibility index (Phi) is 7.82. The Hall–Kier alpha value is -4.66. The first-order valence-corrected chi connectivity index (χ1v) is 13.3. The fourth-order valence-corrected chi connectivity index (χ4v) is 5.54. The van der Waals surface area contributed by atoms with E-state index >= 15 is 4.39 Å². The van der Waals surface area contributed by atoms with E-state index in [1.807, 2.05) is 24.3 Å². The van der Waals surface area contributed by atoms with Gasteiger partial charge in [-0.25, -0.2) is 14.4 Å². The number of aliphatic imine (C=N–C) groups is 1. The summed E-state index contributed by atoms with van der Waals surface area (Å²) in [5.74, 6) is 0.693. The Morgan fingerprint density at radius 3 is 2.83 bits per heavy atom. The number of nitrogens with zero attached hydrogens (tertiary/aromatic N) is 5. The first-order chi connectivity index (χ1) is 19.4. The van der Waals surface area contributed by atoms with Crippen molar-refractivity contribution in [2.45, 2.75) is 25.7 Å². The second-order valence-electron chi connectivity index (χ2n) is 9.71. The quantitative estimate of drug-likeness (QED) is 0.233. The molecular formula is C31H31FN6O2. The predicted octanol–water partition coefficient (Wildman–Crippen LogP) is 5.53. The normalized spacial score (nSPS) is 16.2. The van der Waals surface area contributed by atoms with Gasteiger partial charge in [-0.1, -0.05) is 25.6 Å². The van der Waals surface area contributed by atoms with E-state index in [0.717, 1.165) is 23.7 Å². The highest BCUT2D eigenvalue weighted by atomic mass is 19.1. The van der Waals surface area contributed by atoms with Crippen molar-refractivity contribution in [3.63, 3.8) is 0 Å². The lowest BCUT2D eigenvalue weighted by Crippen LogP contribution is -2.28. The number of nitrogen functional groups attached to an aromatic ring is 1. The zero-order valence-electron chi connectivity index (χ0n) is 22.5. The van der Waals surface area contributed by atoms with Crippen molar-refractivity contribution in [1.82, 2.24) is 19.9 Å². The number of halogens is 1. The number of carbonyl (C=O) groups excluding carboxylic acids is 1. The van der Waals surface area contributed by atoms with Crippen LogP contribution in [0.4, 0.5) is 10.2 Å². The van der Waals surface area contributed by atoms with E-state index < -0.39 is 5.82 Å². The van der Waals surface area contributed by atoms with Crippen molar-refractivity contribution < 1.29 is 13.9 Å². The van der Waals surface area contributed by atoms with Crippen molar-refractivity contribution in [3.05, 3.63) is 96.3 Å². The lowest BCUT2D eigenvalue weighted by Gasteiger charge is -2.25. The Bertz CT molecular complexity index is 1600. The smallest absolute Gasteiger partial charge is 0.245 e. The topological polar surface area (TPSA) is 107 Å². The molecule has 5 rings (SSSR count). The Morgan fingerprint density at radius 1 is 1.25 bits per heavy atom. The molecule has 4 aromatic rings. The summed E-state index contributed by atoms with van der Waals surface area (Å²) in [7, 11) is 1.60. The number of ether oxygens (including phenoxy) is 1. The number of pyridine rings is 1. The molecule has 0 aliphatic carbocycles. The summed E-state index contributed by atoms with van der Waals surface area (Å²) in [5, 5.41) is 0.829. The second-order valence-corrected chi connectivity index (χ2v) is 9.71. The van der Waals surface area contributed by atoms with Crippen molar-refractivity contribution in [3.8, 4) is 11.5 Å². The molecule has 2 atom stereocenters. The van der Waals surface area contributed by atoms with Gasteiger partial charge in [-0.05, 0) is 55.2 Å². The number of anilines is 1. The number of aromatic nitrogens is 3. The molecule has 1 aliphatic rings. The van der Waals surface area contributed by atoms with Gasteiger partial charge < -0.3 is 15.4 Å². The Morgan fingerprint density at radius 2 is 2.08 bits per heavy atom. The monoisotopic (exact) mass is 538 g/mol. The van der Waals surface area contributed by atoms with Crippen LogP contribution in [0, 0.1) is 11.7 Å². The third kappa shape index (κ3) is 5.14. The number of para-hydroxylation sites is 1. The van der Waals surface area contributed by atoms with Crippen LogP contribution in [0.25, 0.3) is 10.9 Å². The molecule has 40 heavy (non-hydrogen) atoms. The first-order valence-electron chi connectivity index (χ1n) is 13.3. The van der Waals surface area contributed by atoms with Crippen LogP contribution in [0.3, 0.4) is 0 Å². The van der Waals surface area contributed by atoms with E-state index in [1.165, 1.54) is 18.5 Å². The predicted molar refractivity (Wildman–Crippen MR) is 154 cm³/mol. The second kappa shape index (κ2) is 11.6. The van der Waals surface area contributed by atoms with Crippen LogP contribution in [0.15, 0.2) is 78.7 Å². The molecule has 2 aromatic heterocycles. The highest BCUT2D eigenvalue weighted by Crippen LogP contribution is 2.38. The van der Waals surface area contributed by atoms with Gasteiger partial charge in [0.1, 0.15) is 29.5 Å². The van der Waals surface area contributed by atoms with Gasteiger partial charge in [0, 0.05) is 49.3 Å². The summed E-state index contributed by atoms with van der Waals surface area (Å²) in [5.41, 5.74) is 9.03. The summed E-state index contributed by atoms with van der Waals surface area (Å²) >= 11 is 0. The minimum atomic E-state index is -0.512. The fraction of sp³-hybridized carbons (Fsp3) is 0.258. The van der Waals surface area contributed by atoms with Crippen LogP contribution in [0.2, 0.25) is 0 Å². The summed E-state index contributed by atoms with van der Waals surface area (Å²) in [6, 6.07) is 14.0. The third-order valence-electron chi connectivity index (χ3n) is 7.47. The van der Waals surface area contributed by atoms with E-state index in [2.05, 4.69) is 33.4 Å². The molecule has 204 valence electrons. The highest BCUT2D eigenvalue weighted by molar-refractivity contribution is 6.16. The maximum Gasteiger partial charge on any atom is 0.245 e. The van der Waals surface area contributed by atoms with Gasteiger partial charge in [0.2, 0.25) is 5.91 Å². The first kappa shape index (κ1) is 26.9. The molecule has 2 unspecified atom stereocenters. The molecule has 3 heterocycles. The molecule has 1 fully saturated rings. The van der Waals surface area contributed by atoms with Crippen LogP contribution < -0.4 is 10.5 Å². The van der Waals surface area contributed by atoms with E-state index in [4.69, 9.17) is 10.5 Å². The largest absolute Gasteiger partial charge is 0.456 e. The van der Waals surface area contributed by atoms with Crippen LogP contribution in [0.5, 0.6) is 11.5 Å². The Labute approximate surface area is 232 Å². The number of benzene rings is 2. The number of hydrogen-bond donors (Lipinski definition) is 1. The standard InChI is InChI=1S/C31H31FN6O2/c1-4-21(19-13-15-38(17-19)27(39)5-2)30-28(31(33)37-18-36-30)29(34-3)22-11-10-20(16-24(22)32)40-26-12-14-35-25-9-7-6-8-23(25)26/h5-12,14,16,18-19,21H,2,4,13,15,17H2,1,3H3,(H2,33,36,37). The van der Waals surface area contributed by atoms with Gasteiger partial charge in [0.25, 0.3) is 0 Å². The van der Waals surface area contributed by atoms with Gasteiger partial charge >= 0.3 is 0 Å². The van der Waals surface area contributed by atoms with Gasteiger partial charge in [0.05, 0.1) is 22.5 Å². The molecule has 1 aliphatic heterocycles.